The van der Waals surface area contributed by atoms with Gasteiger partial charge in [0.25, 0.3) is 0 Å². The molecule has 0 spiro atoms. The largest absolute Gasteiger partial charge is 0.480 e. The minimum Gasteiger partial charge on any atom is -0.480 e. The van der Waals surface area contributed by atoms with E-state index < -0.39 is 24.5 Å². The number of aliphatic carboxylic acids is 1. The Kier molecular flexibility index (Phi) is 33.8. The zero-order valence-corrected chi connectivity index (χ0v) is 31.6. The highest BCUT2D eigenvalue weighted by Gasteiger charge is 2.18. The molecule has 2 atom stereocenters. The van der Waals surface area contributed by atoms with Gasteiger partial charge in [0.05, 0.1) is 13.2 Å². The molecule has 4 N–H and O–H groups in total. The topological polar surface area (TPSA) is 142 Å². The van der Waals surface area contributed by atoms with E-state index >= 15 is 0 Å². The minimum absolute atomic E-state index is 0.136. The van der Waals surface area contributed by atoms with Crippen LogP contribution in [0.15, 0.2) is 36.5 Å². The van der Waals surface area contributed by atoms with E-state index in [4.69, 9.17) is 14.9 Å². The lowest BCUT2D eigenvalue weighted by Gasteiger charge is -2.15. The van der Waals surface area contributed by atoms with Crippen molar-refractivity contribution in [3.8, 4) is 0 Å². The van der Waals surface area contributed by atoms with Crippen molar-refractivity contribution in [1.82, 2.24) is 10.6 Å². The van der Waals surface area contributed by atoms with E-state index in [9.17, 15) is 19.2 Å². The maximum absolute atomic E-state index is 12.6. The molecule has 0 saturated heterocycles. The number of hydrogen-bond donors (Lipinski definition) is 4. The first kappa shape index (κ1) is 47.1. The molecule has 0 aromatic rings. The van der Waals surface area contributed by atoms with Crippen LogP contribution in [0.25, 0.3) is 0 Å². The van der Waals surface area contributed by atoms with Crippen LogP contribution in [-0.2, 0) is 23.9 Å². The van der Waals surface area contributed by atoms with Crippen LogP contribution in [0.4, 0.5) is 0 Å². The predicted molar refractivity (Wildman–Crippen MR) is 204 cm³/mol. The van der Waals surface area contributed by atoms with Crippen LogP contribution in [0, 0.1) is 0 Å². The summed E-state index contributed by atoms with van der Waals surface area (Å²) in [6, 6.07) is -1.39. The van der Waals surface area contributed by atoms with Gasteiger partial charge in [-0.15, -0.1) is 0 Å². The second-order valence-electron chi connectivity index (χ2n) is 13.4. The van der Waals surface area contributed by atoms with Crippen molar-refractivity contribution in [2.24, 2.45) is 0 Å². The Balaban J connectivity index is 4.17. The van der Waals surface area contributed by atoms with Gasteiger partial charge in [-0.2, -0.15) is 0 Å². The highest BCUT2D eigenvalue weighted by molar-refractivity contribution is 5.87. The minimum atomic E-state index is -1.39. The van der Waals surface area contributed by atoms with Gasteiger partial charge in [-0.25, -0.2) is 4.79 Å². The average molecular weight is 705 g/mol. The van der Waals surface area contributed by atoms with Crippen LogP contribution in [0.5, 0.6) is 0 Å². The standard InChI is InChI=1S/C41H72N2O7/c1-3-5-7-9-11-12-13-14-15-16-17-18-19-20-21-23-29-33-40(47)50-36(30-26-22-10-8-6-4-2)31-27-24-25-28-32-38(45)42-34-39(46)43-37(35-44)41(48)49/h8,10,14-15,26,30,36-37,44H,3-7,9,11-13,16-25,27-29,31-35H2,1-2H3,(H,42,45)(H,43,46)(H,48,49)/b10-8-,15-14-,30-26-. The monoisotopic (exact) mass is 705 g/mol. The Morgan fingerprint density at radius 2 is 1.18 bits per heavy atom. The summed E-state index contributed by atoms with van der Waals surface area (Å²) in [5, 5.41) is 22.5. The van der Waals surface area contributed by atoms with Crippen molar-refractivity contribution in [3.05, 3.63) is 36.5 Å². The Morgan fingerprint density at radius 1 is 0.620 bits per heavy atom. The molecule has 0 rings (SSSR count). The van der Waals surface area contributed by atoms with Crippen molar-refractivity contribution in [3.63, 3.8) is 0 Å². The van der Waals surface area contributed by atoms with Crippen molar-refractivity contribution >= 4 is 23.8 Å². The lowest BCUT2D eigenvalue weighted by Crippen LogP contribution is -2.47. The molecule has 0 fully saturated rings. The van der Waals surface area contributed by atoms with Gasteiger partial charge in [-0.3, -0.25) is 14.4 Å². The Morgan fingerprint density at radius 3 is 1.78 bits per heavy atom. The van der Waals surface area contributed by atoms with E-state index in [0.717, 1.165) is 64.2 Å². The molecule has 0 aliphatic rings. The fourth-order valence-corrected chi connectivity index (χ4v) is 5.49. The lowest BCUT2D eigenvalue weighted by atomic mass is 10.1. The summed E-state index contributed by atoms with van der Waals surface area (Å²) < 4.78 is 5.85. The molecule has 0 aromatic carbocycles. The van der Waals surface area contributed by atoms with Gasteiger partial charge in [0.1, 0.15) is 12.1 Å². The van der Waals surface area contributed by atoms with E-state index in [1.165, 1.54) is 77.0 Å². The van der Waals surface area contributed by atoms with Gasteiger partial charge >= 0.3 is 11.9 Å². The van der Waals surface area contributed by atoms with E-state index in [1.807, 2.05) is 6.08 Å². The fraction of sp³-hybridized carbons (Fsp3) is 0.756. The molecule has 0 heterocycles. The zero-order chi connectivity index (χ0) is 36.9. The molecule has 0 saturated carbocycles. The second-order valence-corrected chi connectivity index (χ2v) is 13.4. The lowest BCUT2D eigenvalue weighted by molar-refractivity contribution is -0.147. The van der Waals surface area contributed by atoms with E-state index in [-0.39, 0.29) is 30.9 Å². The number of esters is 1. The second kappa shape index (κ2) is 35.9. The Hall–Kier alpha value is -2.94. The van der Waals surface area contributed by atoms with Crippen LogP contribution in [0.3, 0.4) is 0 Å². The summed E-state index contributed by atoms with van der Waals surface area (Å²) in [7, 11) is 0. The number of hydrogen-bond acceptors (Lipinski definition) is 6. The van der Waals surface area contributed by atoms with Gasteiger partial charge in [0.2, 0.25) is 11.8 Å². The summed E-state index contributed by atoms with van der Waals surface area (Å²) in [4.78, 5) is 47.3. The number of aliphatic hydroxyl groups is 1. The molecule has 9 nitrogen and oxygen atoms in total. The Bertz CT molecular complexity index is 947. The number of nitrogens with one attached hydrogen (secondary N) is 2. The van der Waals surface area contributed by atoms with Gasteiger partial charge < -0.3 is 25.6 Å². The molecule has 0 aliphatic carbocycles. The number of rotatable bonds is 35. The van der Waals surface area contributed by atoms with E-state index in [1.54, 1.807) is 0 Å². The number of allylic oxidation sites excluding steroid dienone is 5. The van der Waals surface area contributed by atoms with Crippen LogP contribution < -0.4 is 10.6 Å². The van der Waals surface area contributed by atoms with Crippen molar-refractivity contribution in [2.45, 2.75) is 187 Å². The zero-order valence-electron chi connectivity index (χ0n) is 31.6. The first-order valence-electron chi connectivity index (χ1n) is 19.9. The molecule has 50 heavy (non-hydrogen) atoms. The number of amides is 2. The van der Waals surface area contributed by atoms with Crippen molar-refractivity contribution in [1.29, 1.82) is 0 Å². The van der Waals surface area contributed by atoms with Crippen LogP contribution in [0.1, 0.15) is 174 Å². The van der Waals surface area contributed by atoms with E-state index in [2.05, 4.69) is 54.9 Å². The summed E-state index contributed by atoms with van der Waals surface area (Å²) in [5.41, 5.74) is 0. The summed E-state index contributed by atoms with van der Waals surface area (Å²) in [6.07, 6.45) is 39.2. The smallest absolute Gasteiger partial charge is 0.328 e. The molecule has 2 unspecified atom stereocenters. The molecule has 0 aliphatic heterocycles. The van der Waals surface area contributed by atoms with Gasteiger partial charge in [0, 0.05) is 12.8 Å². The normalized spacial score (nSPS) is 12.9. The number of carbonyl (C=O) groups excluding carboxylic acids is 3. The fourth-order valence-electron chi connectivity index (χ4n) is 5.49. The Labute approximate surface area is 304 Å². The summed E-state index contributed by atoms with van der Waals surface area (Å²) in [5.74, 6) is -2.43. The first-order chi connectivity index (χ1) is 24.3. The van der Waals surface area contributed by atoms with E-state index in [0.29, 0.717) is 12.8 Å². The van der Waals surface area contributed by atoms with Crippen LogP contribution in [0.2, 0.25) is 0 Å². The molecule has 0 bridgehead atoms. The maximum atomic E-state index is 12.6. The molecule has 2 amide bonds. The SMILES string of the molecule is CCC/C=C\C/C=C\C(CCCCCCC(=O)NCC(=O)NC(CO)C(=O)O)OC(=O)CCCCCCCCC/C=C\CCCCCCCC. The number of ether oxygens (including phenoxy) is 1. The number of carboxylic acids is 1. The highest BCUT2D eigenvalue weighted by Crippen LogP contribution is 2.15. The summed E-state index contributed by atoms with van der Waals surface area (Å²) in [6.45, 7) is 3.35. The molecule has 0 radical (unpaired) electrons. The molecule has 9 heteroatoms. The third-order valence-electron chi connectivity index (χ3n) is 8.57. The molecule has 288 valence electrons. The quantitative estimate of drug-likeness (QED) is 0.0293. The predicted octanol–water partition coefficient (Wildman–Crippen LogP) is 9.04. The highest BCUT2D eigenvalue weighted by atomic mass is 16.5. The first-order valence-corrected chi connectivity index (χ1v) is 19.9. The number of aliphatic hydroxyl groups excluding tert-OH is 1. The molecular weight excluding hydrogens is 632 g/mol. The van der Waals surface area contributed by atoms with Crippen LogP contribution in [-0.4, -0.2) is 59.3 Å². The van der Waals surface area contributed by atoms with Gasteiger partial charge in [0.15, 0.2) is 0 Å². The van der Waals surface area contributed by atoms with Gasteiger partial charge in [-0.05, 0) is 70.3 Å². The number of carbonyl (C=O) groups is 4. The summed E-state index contributed by atoms with van der Waals surface area (Å²) >= 11 is 0. The van der Waals surface area contributed by atoms with Crippen molar-refractivity contribution in [2.75, 3.05) is 13.2 Å². The van der Waals surface area contributed by atoms with Crippen LogP contribution >= 0.6 is 0 Å². The maximum Gasteiger partial charge on any atom is 0.328 e. The number of unbranched alkanes of at least 4 members (excludes halogenated alkanes) is 17. The van der Waals surface area contributed by atoms with Gasteiger partial charge in [-0.1, -0.05) is 128 Å². The molecule has 0 aromatic heterocycles. The third-order valence-corrected chi connectivity index (χ3v) is 8.57. The number of carboxylic acid groups (broad SMARTS) is 1. The van der Waals surface area contributed by atoms with Crippen molar-refractivity contribution < 1.29 is 34.1 Å². The average Bonchev–Trinajstić information content (AvgIpc) is 3.10. The molecular formula is C41H72N2O7. The third kappa shape index (κ3) is 32.3.